The summed E-state index contributed by atoms with van der Waals surface area (Å²) in [7, 11) is 0. The molecule has 0 unspecified atom stereocenters. The highest BCUT2D eigenvalue weighted by Gasteiger charge is 2.05. The minimum absolute atomic E-state index is 0.361. The summed E-state index contributed by atoms with van der Waals surface area (Å²) < 4.78 is 10.8. The minimum atomic E-state index is -0.361. The molecule has 2 aromatic carbocycles. The van der Waals surface area contributed by atoms with Crippen LogP contribution in [-0.4, -0.2) is 12.6 Å². The second-order valence-electron chi connectivity index (χ2n) is 4.97. The number of benzene rings is 2. The molecular formula is C19H21NO3. The number of carbonyl (C=O) groups is 1. The van der Waals surface area contributed by atoms with Gasteiger partial charge in [-0.15, -0.1) is 0 Å². The number of para-hydroxylation sites is 2. The summed E-state index contributed by atoms with van der Waals surface area (Å²) in [5.74, 6) is 0.369. The van der Waals surface area contributed by atoms with Gasteiger partial charge in [-0.05, 0) is 31.5 Å². The Kier molecular flexibility index (Phi) is 6.24. The minimum Gasteiger partial charge on any atom is -0.487 e. The molecule has 0 saturated carbocycles. The average molecular weight is 311 g/mol. The van der Waals surface area contributed by atoms with E-state index in [-0.39, 0.29) is 5.97 Å². The quantitative estimate of drug-likeness (QED) is 0.616. The monoisotopic (exact) mass is 311 g/mol. The number of allylic oxidation sites excluding steroid dienone is 1. The Morgan fingerprint density at radius 2 is 1.78 bits per heavy atom. The van der Waals surface area contributed by atoms with Gasteiger partial charge in [-0.1, -0.05) is 42.5 Å². The van der Waals surface area contributed by atoms with Crippen LogP contribution in [0.5, 0.6) is 5.75 Å². The fourth-order valence-corrected chi connectivity index (χ4v) is 2.04. The van der Waals surface area contributed by atoms with Gasteiger partial charge in [0.15, 0.2) is 0 Å². The molecule has 0 heterocycles. The number of hydrogen-bond donors (Lipinski definition) is 1. The van der Waals surface area contributed by atoms with Crippen molar-refractivity contribution >= 4 is 11.7 Å². The SMILES string of the molecule is CCOC(=O)/C=C(\C)Nc1ccccc1OCc1ccccc1. The summed E-state index contributed by atoms with van der Waals surface area (Å²) in [5.41, 5.74) is 2.60. The summed E-state index contributed by atoms with van der Waals surface area (Å²) in [6.45, 7) is 4.44. The number of nitrogens with one attached hydrogen (secondary N) is 1. The third-order valence-corrected chi connectivity index (χ3v) is 3.08. The van der Waals surface area contributed by atoms with Crippen LogP contribution in [0.15, 0.2) is 66.4 Å². The molecule has 0 radical (unpaired) electrons. The van der Waals surface area contributed by atoms with Crippen LogP contribution in [0, 0.1) is 0 Å². The zero-order valence-electron chi connectivity index (χ0n) is 13.4. The van der Waals surface area contributed by atoms with Gasteiger partial charge in [0.05, 0.1) is 12.3 Å². The van der Waals surface area contributed by atoms with E-state index in [1.807, 2.05) is 61.5 Å². The predicted octanol–water partition coefficient (Wildman–Crippen LogP) is 4.14. The van der Waals surface area contributed by atoms with Crippen molar-refractivity contribution in [3.8, 4) is 5.75 Å². The van der Waals surface area contributed by atoms with Gasteiger partial charge in [0.1, 0.15) is 12.4 Å². The van der Waals surface area contributed by atoms with Crippen molar-refractivity contribution in [2.75, 3.05) is 11.9 Å². The first-order chi connectivity index (χ1) is 11.2. The van der Waals surface area contributed by atoms with E-state index in [4.69, 9.17) is 9.47 Å². The van der Waals surface area contributed by atoms with Gasteiger partial charge < -0.3 is 14.8 Å². The molecule has 0 amide bonds. The molecule has 0 aromatic heterocycles. The third-order valence-electron chi connectivity index (χ3n) is 3.08. The molecular weight excluding hydrogens is 290 g/mol. The maximum Gasteiger partial charge on any atom is 0.332 e. The molecule has 0 fully saturated rings. The molecule has 4 heteroatoms. The van der Waals surface area contributed by atoms with Crippen molar-refractivity contribution in [1.82, 2.24) is 0 Å². The van der Waals surface area contributed by atoms with Gasteiger partial charge in [-0.3, -0.25) is 0 Å². The smallest absolute Gasteiger partial charge is 0.332 e. The molecule has 0 saturated heterocycles. The zero-order valence-corrected chi connectivity index (χ0v) is 13.4. The molecule has 2 rings (SSSR count). The summed E-state index contributed by atoms with van der Waals surface area (Å²) in [6.07, 6.45) is 1.43. The molecule has 0 aliphatic heterocycles. The Hall–Kier alpha value is -2.75. The van der Waals surface area contributed by atoms with Crippen LogP contribution in [0.4, 0.5) is 5.69 Å². The Morgan fingerprint density at radius 1 is 1.09 bits per heavy atom. The third kappa shape index (κ3) is 5.51. The largest absolute Gasteiger partial charge is 0.487 e. The molecule has 120 valence electrons. The lowest BCUT2D eigenvalue weighted by Crippen LogP contribution is -2.05. The Labute approximate surface area is 136 Å². The van der Waals surface area contributed by atoms with Gasteiger partial charge >= 0.3 is 5.97 Å². The number of esters is 1. The maximum absolute atomic E-state index is 11.5. The van der Waals surface area contributed by atoms with E-state index < -0.39 is 0 Å². The lowest BCUT2D eigenvalue weighted by molar-refractivity contribution is -0.137. The lowest BCUT2D eigenvalue weighted by Gasteiger charge is -2.13. The van der Waals surface area contributed by atoms with Crippen LogP contribution in [0.1, 0.15) is 19.4 Å². The van der Waals surface area contributed by atoms with E-state index in [1.165, 1.54) is 6.08 Å². The number of hydrogen-bond acceptors (Lipinski definition) is 4. The lowest BCUT2D eigenvalue weighted by atomic mass is 10.2. The first-order valence-electron chi connectivity index (χ1n) is 7.57. The van der Waals surface area contributed by atoms with E-state index in [1.54, 1.807) is 6.92 Å². The van der Waals surface area contributed by atoms with Crippen LogP contribution in [0.3, 0.4) is 0 Å². The van der Waals surface area contributed by atoms with Gasteiger partial charge in [-0.25, -0.2) is 4.79 Å². The maximum atomic E-state index is 11.5. The van der Waals surface area contributed by atoms with E-state index in [0.29, 0.717) is 18.9 Å². The first-order valence-corrected chi connectivity index (χ1v) is 7.57. The first kappa shape index (κ1) is 16.6. The van der Waals surface area contributed by atoms with Gasteiger partial charge in [0.2, 0.25) is 0 Å². The normalized spacial score (nSPS) is 11.0. The summed E-state index contributed by atoms with van der Waals surface area (Å²) >= 11 is 0. The van der Waals surface area contributed by atoms with E-state index >= 15 is 0 Å². The second kappa shape index (κ2) is 8.63. The molecule has 0 atom stereocenters. The number of ether oxygens (including phenoxy) is 2. The summed E-state index contributed by atoms with van der Waals surface area (Å²) in [6, 6.07) is 17.6. The molecule has 0 bridgehead atoms. The van der Waals surface area contributed by atoms with Crippen molar-refractivity contribution in [2.24, 2.45) is 0 Å². The van der Waals surface area contributed by atoms with Crippen LogP contribution in [0.2, 0.25) is 0 Å². The fourth-order valence-electron chi connectivity index (χ4n) is 2.04. The van der Waals surface area contributed by atoms with Crippen molar-refractivity contribution in [3.63, 3.8) is 0 Å². The fraction of sp³-hybridized carbons (Fsp3) is 0.211. The van der Waals surface area contributed by atoms with E-state index in [9.17, 15) is 4.79 Å². The predicted molar refractivity (Wildman–Crippen MR) is 91.2 cm³/mol. The van der Waals surface area contributed by atoms with Crippen molar-refractivity contribution in [1.29, 1.82) is 0 Å². The van der Waals surface area contributed by atoms with Gasteiger partial charge in [0.25, 0.3) is 0 Å². The zero-order chi connectivity index (χ0) is 16.5. The molecule has 1 N–H and O–H groups in total. The average Bonchev–Trinajstić information content (AvgIpc) is 2.55. The highest BCUT2D eigenvalue weighted by Crippen LogP contribution is 2.26. The van der Waals surface area contributed by atoms with E-state index in [2.05, 4.69) is 5.32 Å². The molecule has 4 nitrogen and oxygen atoms in total. The topological polar surface area (TPSA) is 47.6 Å². The van der Waals surface area contributed by atoms with Crippen molar-refractivity contribution in [3.05, 3.63) is 71.9 Å². The number of rotatable bonds is 7. The molecule has 2 aromatic rings. The number of anilines is 1. The van der Waals surface area contributed by atoms with Gasteiger partial charge in [0, 0.05) is 11.8 Å². The van der Waals surface area contributed by atoms with Crippen LogP contribution in [-0.2, 0) is 16.1 Å². The van der Waals surface area contributed by atoms with Crippen molar-refractivity contribution < 1.29 is 14.3 Å². The Morgan fingerprint density at radius 3 is 2.52 bits per heavy atom. The summed E-state index contributed by atoms with van der Waals surface area (Å²) in [5, 5.41) is 3.17. The standard InChI is InChI=1S/C19H21NO3/c1-3-22-19(21)13-15(2)20-17-11-7-8-12-18(17)23-14-16-9-5-4-6-10-16/h4-13,20H,3,14H2,1-2H3/b15-13+. The number of carbonyl (C=O) groups excluding carboxylic acids is 1. The Bertz CT molecular complexity index is 665. The second-order valence-corrected chi connectivity index (χ2v) is 4.97. The van der Waals surface area contributed by atoms with Gasteiger partial charge in [-0.2, -0.15) is 0 Å². The molecule has 0 aliphatic rings. The van der Waals surface area contributed by atoms with Crippen LogP contribution in [0.25, 0.3) is 0 Å². The van der Waals surface area contributed by atoms with Crippen LogP contribution < -0.4 is 10.1 Å². The van der Waals surface area contributed by atoms with Crippen molar-refractivity contribution in [2.45, 2.75) is 20.5 Å². The Balaban J connectivity index is 2.04. The highest BCUT2D eigenvalue weighted by atomic mass is 16.5. The van der Waals surface area contributed by atoms with Crippen LogP contribution >= 0.6 is 0 Å². The van der Waals surface area contributed by atoms with E-state index in [0.717, 1.165) is 17.0 Å². The molecule has 0 spiro atoms. The summed E-state index contributed by atoms with van der Waals surface area (Å²) in [4.78, 5) is 11.5. The highest BCUT2D eigenvalue weighted by molar-refractivity contribution is 5.83. The molecule has 0 aliphatic carbocycles. The molecule has 23 heavy (non-hydrogen) atoms.